The fourth-order valence-electron chi connectivity index (χ4n) is 3.25. The van der Waals surface area contributed by atoms with Gasteiger partial charge in [0.1, 0.15) is 18.1 Å². The Hall–Kier alpha value is -1.36. The molecule has 29 heavy (non-hydrogen) atoms. The summed E-state index contributed by atoms with van der Waals surface area (Å²) in [6.45, 7) is 10.2. The predicted molar refractivity (Wildman–Crippen MR) is 118 cm³/mol. The van der Waals surface area contributed by atoms with Gasteiger partial charge < -0.3 is 14.0 Å². The van der Waals surface area contributed by atoms with Gasteiger partial charge in [0.25, 0.3) is 0 Å². The minimum Gasteiger partial charge on any atom is -0.465 e. The quantitative estimate of drug-likeness (QED) is 0.319. The molecule has 0 radical (unpaired) electrons. The number of hydrogen-bond acceptors (Lipinski definition) is 5. The van der Waals surface area contributed by atoms with Crippen molar-refractivity contribution in [2.24, 2.45) is 5.92 Å². The van der Waals surface area contributed by atoms with Crippen LogP contribution in [0, 0.1) is 5.92 Å². The molecule has 166 valence electrons. The number of esters is 1. The fraction of sp³-hybridized carbons (Fsp3) is 0.682. The average molecular weight is 428 g/mol. The molecule has 0 spiro atoms. The van der Waals surface area contributed by atoms with E-state index in [0.717, 1.165) is 36.8 Å². The van der Waals surface area contributed by atoms with Gasteiger partial charge in [-0.05, 0) is 43.2 Å². The minimum atomic E-state index is -3.51. The Morgan fingerprint density at radius 1 is 1.10 bits per heavy atom. The van der Waals surface area contributed by atoms with E-state index in [-0.39, 0.29) is 18.9 Å². The number of rotatable bonds is 14. The van der Waals surface area contributed by atoms with Crippen molar-refractivity contribution >= 4 is 13.5 Å². The first-order valence-corrected chi connectivity index (χ1v) is 12.4. The van der Waals surface area contributed by atoms with Crippen LogP contribution in [0.3, 0.4) is 0 Å². The van der Waals surface area contributed by atoms with Gasteiger partial charge in [0.15, 0.2) is 0 Å². The summed E-state index contributed by atoms with van der Waals surface area (Å²) in [4.78, 5) is 12.4. The standard InChI is InChI=1S/C22H38NO5P/c1-7-11-18-13-10-14-19(12-8-2)21(18)28-29(25,16-26-6)23-20(15-17(4)5)22(24)27-9-3/h10,13-14,17,20H,7-9,11-12,15-16H2,1-6H3,(H,23,25)/t20-,29?/m0/s1. The van der Waals surface area contributed by atoms with Crippen LogP contribution >= 0.6 is 7.52 Å². The number of nitrogens with one attached hydrogen (secondary N) is 1. The number of ether oxygens (including phenoxy) is 2. The largest absolute Gasteiger partial charge is 0.465 e. The third kappa shape index (κ3) is 8.49. The van der Waals surface area contributed by atoms with Crippen LogP contribution < -0.4 is 9.61 Å². The fourth-order valence-corrected chi connectivity index (χ4v) is 4.98. The lowest BCUT2D eigenvalue weighted by Gasteiger charge is -2.27. The number of carbonyl (C=O) groups is 1. The second-order valence-electron chi connectivity index (χ2n) is 7.65. The molecule has 0 aliphatic rings. The van der Waals surface area contributed by atoms with E-state index in [1.165, 1.54) is 7.11 Å². The molecule has 0 aliphatic carbocycles. The number of aryl methyl sites for hydroxylation is 2. The number of hydrogen-bond donors (Lipinski definition) is 1. The second kappa shape index (κ2) is 13.0. The molecule has 6 nitrogen and oxygen atoms in total. The first kappa shape index (κ1) is 25.7. The Labute approximate surface area is 176 Å². The lowest BCUT2D eigenvalue weighted by atomic mass is 10.0. The van der Waals surface area contributed by atoms with Crippen molar-refractivity contribution in [3.8, 4) is 5.75 Å². The van der Waals surface area contributed by atoms with Gasteiger partial charge in [0, 0.05) is 7.11 Å². The molecule has 0 fully saturated rings. The highest BCUT2D eigenvalue weighted by Gasteiger charge is 2.34. The van der Waals surface area contributed by atoms with Crippen LogP contribution in [-0.2, 0) is 31.7 Å². The third-order valence-electron chi connectivity index (χ3n) is 4.39. The van der Waals surface area contributed by atoms with Gasteiger partial charge >= 0.3 is 13.5 Å². The lowest BCUT2D eigenvalue weighted by molar-refractivity contribution is -0.145. The van der Waals surface area contributed by atoms with E-state index in [4.69, 9.17) is 14.0 Å². The van der Waals surface area contributed by atoms with Gasteiger partial charge in [0.2, 0.25) is 0 Å². The molecule has 1 N–H and O–H groups in total. The summed E-state index contributed by atoms with van der Waals surface area (Å²) in [5, 5.41) is 2.97. The van der Waals surface area contributed by atoms with Gasteiger partial charge in [-0.3, -0.25) is 9.36 Å². The smallest absolute Gasteiger partial charge is 0.342 e. The molecule has 0 saturated heterocycles. The Bertz CT molecular complexity index is 653. The van der Waals surface area contributed by atoms with Crippen molar-refractivity contribution in [3.63, 3.8) is 0 Å². The Kier molecular flexibility index (Phi) is 11.6. The summed E-state index contributed by atoms with van der Waals surface area (Å²) in [5.74, 6) is 0.448. The maximum atomic E-state index is 13.7. The normalized spacial score (nSPS) is 14.4. The molecule has 0 aromatic heterocycles. The van der Waals surface area contributed by atoms with E-state index in [1.54, 1.807) is 6.92 Å². The third-order valence-corrected chi connectivity index (χ3v) is 6.17. The predicted octanol–water partition coefficient (Wildman–Crippen LogP) is 5.33. The van der Waals surface area contributed by atoms with Crippen LogP contribution in [0.1, 0.15) is 65.0 Å². The van der Waals surface area contributed by atoms with Crippen LogP contribution in [-0.4, -0.2) is 32.1 Å². The van der Waals surface area contributed by atoms with E-state index in [2.05, 4.69) is 18.9 Å². The molecule has 1 rings (SSSR count). The average Bonchev–Trinajstić information content (AvgIpc) is 2.64. The Morgan fingerprint density at radius 3 is 2.14 bits per heavy atom. The summed E-state index contributed by atoms with van der Waals surface area (Å²) >= 11 is 0. The van der Waals surface area contributed by atoms with Crippen molar-refractivity contribution < 1.29 is 23.4 Å². The first-order valence-electron chi connectivity index (χ1n) is 10.6. The summed E-state index contributed by atoms with van der Waals surface area (Å²) < 4.78 is 30.3. The summed E-state index contributed by atoms with van der Waals surface area (Å²) in [6, 6.07) is 5.31. The second-order valence-corrected chi connectivity index (χ2v) is 9.70. The molecular formula is C22H38NO5P. The molecular weight excluding hydrogens is 389 g/mol. The minimum absolute atomic E-state index is 0.132. The number of para-hydroxylation sites is 1. The first-order chi connectivity index (χ1) is 13.8. The monoisotopic (exact) mass is 427 g/mol. The molecule has 1 aromatic carbocycles. The maximum Gasteiger partial charge on any atom is 0.342 e. The molecule has 0 bridgehead atoms. The van der Waals surface area contributed by atoms with Crippen molar-refractivity contribution in [1.82, 2.24) is 5.09 Å². The number of carbonyl (C=O) groups excluding carboxylic acids is 1. The molecule has 0 amide bonds. The van der Waals surface area contributed by atoms with Gasteiger partial charge in [-0.15, -0.1) is 0 Å². The van der Waals surface area contributed by atoms with Crippen LogP contribution in [0.2, 0.25) is 0 Å². The highest BCUT2D eigenvalue weighted by molar-refractivity contribution is 7.57. The summed E-state index contributed by atoms with van der Waals surface area (Å²) in [6.07, 6.45) is 3.92. The van der Waals surface area contributed by atoms with Gasteiger partial charge in [-0.25, -0.2) is 5.09 Å². The molecule has 1 aromatic rings. The molecule has 1 unspecified atom stereocenters. The van der Waals surface area contributed by atoms with Crippen molar-refractivity contribution in [2.75, 3.05) is 20.1 Å². The summed E-state index contributed by atoms with van der Waals surface area (Å²) in [7, 11) is -2.03. The highest BCUT2D eigenvalue weighted by Crippen LogP contribution is 2.46. The Balaban J connectivity index is 3.26. The van der Waals surface area contributed by atoms with Gasteiger partial charge in [-0.1, -0.05) is 58.7 Å². The van der Waals surface area contributed by atoms with Crippen LogP contribution in [0.5, 0.6) is 5.75 Å². The van der Waals surface area contributed by atoms with E-state index in [1.807, 2.05) is 32.0 Å². The molecule has 7 heteroatoms. The van der Waals surface area contributed by atoms with E-state index < -0.39 is 19.5 Å². The Morgan fingerprint density at radius 2 is 1.69 bits per heavy atom. The van der Waals surface area contributed by atoms with Crippen LogP contribution in [0.25, 0.3) is 0 Å². The van der Waals surface area contributed by atoms with E-state index in [9.17, 15) is 9.36 Å². The number of benzene rings is 1. The van der Waals surface area contributed by atoms with Crippen molar-refractivity contribution in [3.05, 3.63) is 29.3 Å². The van der Waals surface area contributed by atoms with Crippen molar-refractivity contribution in [2.45, 2.75) is 72.8 Å². The zero-order chi connectivity index (χ0) is 21.9. The lowest BCUT2D eigenvalue weighted by Crippen LogP contribution is -2.39. The van der Waals surface area contributed by atoms with Gasteiger partial charge in [0.05, 0.1) is 6.61 Å². The topological polar surface area (TPSA) is 73.9 Å². The summed E-state index contributed by atoms with van der Waals surface area (Å²) in [5.41, 5.74) is 2.04. The van der Waals surface area contributed by atoms with Gasteiger partial charge in [-0.2, -0.15) is 0 Å². The SMILES string of the molecule is CCCc1cccc(CCC)c1OP(=O)(COC)N[C@@H](CC(C)C)C(=O)OCC. The maximum absolute atomic E-state index is 13.7. The van der Waals surface area contributed by atoms with E-state index in [0.29, 0.717) is 12.2 Å². The van der Waals surface area contributed by atoms with E-state index >= 15 is 0 Å². The zero-order valence-electron chi connectivity index (χ0n) is 18.8. The molecule has 0 saturated carbocycles. The zero-order valence-corrected chi connectivity index (χ0v) is 19.7. The highest BCUT2D eigenvalue weighted by atomic mass is 31.2. The van der Waals surface area contributed by atoms with Crippen molar-refractivity contribution in [1.29, 1.82) is 0 Å². The number of methoxy groups -OCH3 is 1. The molecule has 0 heterocycles. The molecule has 0 aliphatic heterocycles. The van der Waals surface area contributed by atoms with Crippen LogP contribution in [0.4, 0.5) is 0 Å². The molecule has 2 atom stereocenters. The van der Waals surface area contributed by atoms with Crippen LogP contribution in [0.15, 0.2) is 18.2 Å².